The highest BCUT2D eigenvalue weighted by Crippen LogP contribution is 2.20. The minimum atomic E-state index is -3.22. The maximum atomic E-state index is 12.7. The van der Waals surface area contributed by atoms with Gasteiger partial charge in [0.15, 0.2) is 0 Å². The number of fused-ring (bicyclic) bond motifs is 1. The molecule has 0 radical (unpaired) electrons. The van der Waals surface area contributed by atoms with Crippen molar-refractivity contribution in [3.05, 3.63) is 71.3 Å². The maximum absolute atomic E-state index is 12.7. The fraction of sp³-hybridized carbons (Fsp3) is 0.400. The monoisotopic (exact) mass is 357 g/mol. The van der Waals surface area contributed by atoms with E-state index in [1.807, 2.05) is 30.3 Å². The molecule has 0 bridgehead atoms. The van der Waals surface area contributed by atoms with Crippen LogP contribution in [0.5, 0.6) is 0 Å². The molecule has 25 heavy (non-hydrogen) atoms. The molecular weight excluding hydrogens is 332 g/mol. The van der Waals surface area contributed by atoms with E-state index >= 15 is 0 Å². The van der Waals surface area contributed by atoms with Crippen molar-refractivity contribution in [3.63, 3.8) is 0 Å². The number of sulfonamides is 1. The van der Waals surface area contributed by atoms with Crippen LogP contribution in [0.2, 0.25) is 0 Å². The van der Waals surface area contributed by atoms with E-state index in [0.717, 1.165) is 31.5 Å². The number of rotatable bonds is 4. The Hall–Kier alpha value is -1.69. The Bertz CT molecular complexity index is 803. The minimum Gasteiger partial charge on any atom is -0.330 e. The summed E-state index contributed by atoms with van der Waals surface area (Å²) >= 11 is 0. The Morgan fingerprint density at radius 1 is 0.880 bits per heavy atom. The van der Waals surface area contributed by atoms with Gasteiger partial charge in [0.05, 0.1) is 38.0 Å². The summed E-state index contributed by atoms with van der Waals surface area (Å²) in [6.07, 6.45) is 2.25. The first-order valence-corrected chi connectivity index (χ1v) is 10.7. The van der Waals surface area contributed by atoms with E-state index in [-0.39, 0.29) is 5.75 Å². The molecule has 2 aromatic carbocycles. The van der Waals surface area contributed by atoms with Crippen LogP contribution in [-0.2, 0) is 28.6 Å². The van der Waals surface area contributed by atoms with Crippen molar-refractivity contribution in [2.24, 2.45) is 0 Å². The number of hydrogen-bond donors (Lipinski definition) is 1. The van der Waals surface area contributed by atoms with Crippen molar-refractivity contribution in [2.75, 3.05) is 26.2 Å². The molecule has 0 aromatic heterocycles. The van der Waals surface area contributed by atoms with E-state index in [4.69, 9.17) is 0 Å². The zero-order chi connectivity index (χ0) is 17.3. The number of hydrogen-bond acceptors (Lipinski definition) is 2. The largest absolute Gasteiger partial charge is 0.330 e. The van der Waals surface area contributed by atoms with Crippen molar-refractivity contribution in [1.29, 1.82) is 0 Å². The quantitative estimate of drug-likeness (QED) is 0.883. The second kappa shape index (κ2) is 6.90. The molecule has 0 spiro atoms. The van der Waals surface area contributed by atoms with Crippen molar-refractivity contribution in [3.8, 4) is 0 Å². The van der Waals surface area contributed by atoms with Crippen molar-refractivity contribution in [1.82, 2.24) is 4.31 Å². The lowest BCUT2D eigenvalue weighted by Crippen LogP contribution is -3.18. The Morgan fingerprint density at radius 3 is 2.04 bits per heavy atom. The lowest BCUT2D eigenvalue weighted by Gasteiger charge is -2.34. The standard InChI is InChI=1S/C20H24N2O2S/c23-25(24,16-17-6-2-1-3-7-17)22-12-10-21(11-13-22)20-14-18-8-4-5-9-19(18)15-20/h1-9,20H,10-16H2/p+1. The summed E-state index contributed by atoms with van der Waals surface area (Å²) in [4.78, 5) is 1.56. The highest BCUT2D eigenvalue weighted by Gasteiger charge is 2.35. The molecule has 2 aliphatic rings. The number of piperazine rings is 1. The molecule has 1 fully saturated rings. The van der Waals surface area contributed by atoms with Crippen LogP contribution in [0.25, 0.3) is 0 Å². The molecule has 132 valence electrons. The molecule has 1 aliphatic heterocycles. The van der Waals surface area contributed by atoms with Crippen LogP contribution in [0.1, 0.15) is 16.7 Å². The summed E-state index contributed by atoms with van der Waals surface area (Å²) < 4.78 is 27.0. The molecule has 1 N–H and O–H groups in total. The molecule has 5 heteroatoms. The van der Waals surface area contributed by atoms with Gasteiger partial charge in [0.25, 0.3) is 0 Å². The fourth-order valence-corrected chi connectivity index (χ4v) is 5.72. The van der Waals surface area contributed by atoms with Gasteiger partial charge in [-0.3, -0.25) is 0 Å². The van der Waals surface area contributed by atoms with E-state index in [1.54, 1.807) is 9.21 Å². The van der Waals surface area contributed by atoms with Crippen LogP contribution in [0.15, 0.2) is 54.6 Å². The lowest BCUT2D eigenvalue weighted by molar-refractivity contribution is -0.927. The number of benzene rings is 2. The average molecular weight is 357 g/mol. The first-order chi connectivity index (χ1) is 12.1. The predicted octanol–water partition coefficient (Wildman–Crippen LogP) is 0.884. The summed E-state index contributed by atoms with van der Waals surface area (Å²) in [5, 5.41) is 0. The van der Waals surface area contributed by atoms with Crippen molar-refractivity contribution in [2.45, 2.75) is 24.6 Å². The molecule has 4 nitrogen and oxygen atoms in total. The topological polar surface area (TPSA) is 41.8 Å². The smallest absolute Gasteiger partial charge is 0.218 e. The molecule has 0 saturated carbocycles. The van der Waals surface area contributed by atoms with Gasteiger partial charge in [-0.2, -0.15) is 4.31 Å². The third-order valence-electron chi connectivity index (χ3n) is 5.58. The second-order valence-corrected chi connectivity index (χ2v) is 9.14. The molecular formula is C20H25N2O2S+. The number of quaternary nitrogens is 1. The minimum absolute atomic E-state index is 0.109. The summed E-state index contributed by atoms with van der Waals surface area (Å²) in [7, 11) is -3.22. The first kappa shape index (κ1) is 16.8. The van der Waals surface area contributed by atoms with Gasteiger partial charge in [0.2, 0.25) is 10.0 Å². The summed E-state index contributed by atoms with van der Waals surface area (Å²) in [6, 6.07) is 18.8. The highest BCUT2D eigenvalue weighted by atomic mass is 32.2. The fourth-order valence-electron chi connectivity index (χ4n) is 4.18. The summed E-state index contributed by atoms with van der Waals surface area (Å²) in [5.41, 5.74) is 3.81. The average Bonchev–Trinajstić information content (AvgIpc) is 3.06. The van der Waals surface area contributed by atoms with E-state index in [2.05, 4.69) is 24.3 Å². The Kier molecular flexibility index (Phi) is 4.63. The molecule has 1 saturated heterocycles. The van der Waals surface area contributed by atoms with Crippen molar-refractivity contribution >= 4 is 10.0 Å². The van der Waals surface area contributed by atoms with E-state index in [1.165, 1.54) is 11.1 Å². The van der Waals surface area contributed by atoms with Gasteiger partial charge < -0.3 is 4.90 Å². The highest BCUT2D eigenvalue weighted by molar-refractivity contribution is 7.88. The normalized spacial score (nSPS) is 19.8. The second-order valence-electron chi connectivity index (χ2n) is 7.17. The molecule has 0 unspecified atom stereocenters. The van der Waals surface area contributed by atoms with Crippen LogP contribution < -0.4 is 4.90 Å². The van der Waals surface area contributed by atoms with Crippen molar-refractivity contribution < 1.29 is 13.3 Å². The molecule has 2 aromatic rings. The number of nitrogens with zero attached hydrogens (tertiary/aromatic N) is 1. The van der Waals surface area contributed by atoms with Crippen LogP contribution >= 0.6 is 0 Å². The maximum Gasteiger partial charge on any atom is 0.218 e. The van der Waals surface area contributed by atoms with Crippen LogP contribution in [0.4, 0.5) is 0 Å². The van der Waals surface area contributed by atoms with Crippen LogP contribution in [-0.4, -0.2) is 44.9 Å². The summed E-state index contributed by atoms with van der Waals surface area (Å²) in [5.74, 6) is 0.109. The summed E-state index contributed by atoms with van der Waals surface area (Å²) in [6.45, 7) is 3.09. The molecule has 1 heterocycles. The van der Waals surface area contributed by atoms with E-state index in [9.17, 15) is 8.42 Å². The van der Waals surface area contributed by atoms with Gasteiger partial charge in [0.1, 0.15) is 0 Å². The third kappa shape index (κ3) is 3.64. The molecule has 0 amide bonds. The van der Waals surface area contributed by atoms with Gasteiger partial charge in [-0.05, 0) is 16.7 Å². The zero-order valence-corrected chi connectivity index (χ0v) is 15.2. The molecule has 4 rings (SSSR count). The predicted molar refractivity (Wildman–Crippen MR) is 99.0 cm³/mol. The van der Waals surface area contributed by atoms with Crippen LogP contribution in [0, 0.1) is 0 Å². The van der Waals surface area contributed by atoms with Gasteiger partial charge >= 0.3 is 0 Å². The van der Waals surface area contributed by atoms with E-state index in [0.29, 0.717) is 19.1 Å². The van der Waals surface area contributed by atoms with Crippen LogP contribution in [0.3, 0.4) is 0 Å². The van der Waals surface area contributed by atoms with Gasteiger partial charge in [0, 0.05) is 12.8 Å². The van der Waals surface area contributed by atoms with Gasteiger partial charge in [-0.15, -0.1) is 0 Å². The SMILES string of the molecule is O=S(=O)(Cc1ccccc1)N1CC[NH+](C2Cc3ccccc3C2)CC1. The van der Waals surface area contributed by atoms with Gasteiger partial charge in [-0.25, -0.2) is 8.42 Å². The number of nitrogens with one attached hydrogen (secondary N) is 1. The Labute approximate surface area is 150 Å². The molecule has 1 aliphatic carbocycles. The zero-order valence-electron chi connectivity index (χ0n) is 14.4. The lowest BCUT2D eigenvalue weighted by atomic mass is 10.1. The Balaban J connectivity index is 1.36. The first-order valence-electron chi connectivity index (χ1n) is 9.05. The third-order valence-corrected chi connectivity index (χ3v) is 7.43. The molecule has 0 atom stereocenters. The Morgan fingerprint density at radius 2 is 1.44 bits per heavy atom. The van der Waals surface area contributed by atoms with Gasteiger partial charge in [-0.1, -0.05) is 54.6 Å². The van der Waals surface area contributed by atoms with E-state index < -0.39 is 10.0 Å².